The van der Waals surface area contributed by atoms with Crippen molar-refractivity contribution in [2.75, 3.05) is 19.8 Å². The quantitative estimate of drug-likeness (QED) is 0.288. The average Bonchev–Trinajstić information content (AvgIpc) is 2.97. The molecule has 3 N–H and O–H groups in total. The van der Waals surface area contributed by atoms with Crippen LogP contribution in [0.4, 0.5) is 13.2 Å². The number of nitrogens with zero attached hydrogens (tertiary/aromatic N) is 1. The highest BCUT2D eigenvalue weighted by molar-refractivity contribution is 5.87. The van der Waals surface area contributed by atoms with Crippen molar-refractivity contribution in [2.24, 2.45) is 5.73 Å². The smallest absolute Gasteiger partial charge is 0.305 e. The zero-order valence-corrected chi connectivity index (χ0v) is 23.5. The van der Waals surface area contributed by atoms with E-state index in [9.17, 15) is 22.8 Å². The number of carbonyl (C=O) groups is 2. The highest BCUT2D eigenvalue weighted by Crippen LogP contribution is 2.30. The molecule has 2 aromatic carbocycles. The predicted molar refractivity (Wildman–Crippen MR) is 151 cm³/mol. The summed E-state index contributed by atoms with van der Waals surface area (Å²) in [6.07, 6.45) is 4.09. The Balaban J connectivity index is 1.41. The van der Waals surface area contributed by atoms with E-state index in [0.29, 0.717) is 54.7 Å². The van der Waals surface area contributed by atoms with Gasteiger partial charge in [-0.05, 0) is 65.8 Å². The van der Waals surface area contributed by atoms with Gasteiger partial charge in [0.15, 0.2) is 5.78 Å². The number of pyridine rings is 1. The zero-order valence-electron chi connectivity index (χ0n) is 23.5. The summed E-state index contributed by atoms with van der Waals surface area (Å²) in [7, 11) is 0. The van der Waals surface area contributed by atoms with Crippen LogP contribution >= 0.6 is 0 Å². The minimum atomic E-state index is -1.11. The first-order valence-corrected chi connectivity index (χ1v) is 14.2. The molecular formula is C32H36F3N3O4. The van der Waals surface area contributed by atoms with Crippen LogP contribution < -0.4 is 11.1 Å². The molecule has 42 heavy (non-hydrogen) atoms. The van der Waals surface area contributed by atoms with Crippen LogP contribution in [0.1, 0.15) is 54.4 Å². The molecular weight excluding hydrogens is 547 g/mol. The van der Waals surface area contributed by atoms with Crippen LogP contribution in [0.25, 0.3) is 0 Å². The van der Waals surface area contributed by atoms with Gasteiger partial charge in [0.1, 0.15) is 24.1 Å². The zero-order chi connectivity index (χ0) is 30.1. The van der Waals surface area contributed by atoms with Gasteiger partial charge in [0.25, 0.3) is 0 Å². The SMILES string of the molecule is CCCC(=O)OC[C@@H]1CO[C@H](CCc2c(F)cncc2CC(=O)[C@@H](N)[C@H](c2ccc(F)cc2)c2cccc(F)c2)CN1. The third-order valence-corrected chi connectivity index (χ3v) is 7.41. The standard InChI is InChI=1S/C32H36F3N3O4/c1-2-4-30(40)42-19-25-18-41-26(16-38-25)11-12-27-22(15-37-17-28(27)35)14-29(39)32(36)31(20-7-9-23(33)10-8-20)21-5-3-6-24(34)13-21/h3,5-10,13,15,17,25-26,31-32,38H,2,4,11-12,14,16,18-19,36H2,1H3/t25-,26+,31+,32+/m0/s1. The van der Waals surface area contributed by atoms with Crippen molar-refractivity contribution >= 4 is 11.8 Å². The Kier molecular flexibility index (Phi) is 11.2. The number of carbonyl (C=O) groups excluding carboxylic acids is 2. The number of rotatable bonds is 13. The number of ketones is 1. The van der Waals surface area contributed by atoms with Gasteiger partial charge in [-0.25, -0.2) is 13.2 Å². The monoisotopic (exact) mass is 583 g/mol. The Hall–Kier alpha value is -3.60. The van der Waals surface area contributed by atoms with Crippen LogP contribution in [0.5, 0.6) is 0 Å². The van der Waals surface area contributed by atoms with E-state index in [1.807, 2.05) is 6.92 Å². The average molecular weight is 584 g/mol. The van der Waals surface area contributed by atoms with E-state index < -0.39 is 35.2 Å². The van der Waals surface area contributed by atoms with E-state index in [1.165, 1.54) is 48.7 Å². The second-order valence-electron chi connectivity index (χ2n) is 10.5. The fourth-order valence-electron chi connectivity index (χ4n) is 5.14. The molecule has 1 saturated heterocycles. The molecule has 4 atom stereocenters. The molecule has 1 aromatic heterocycles. The Morgan fingerprint density at radius 1 is 1.10 bits per heavy atom. The molecule has 10 heteroatoms. The first-order chi connectivity index (χ1) is 20.2. The van der Waals surface area contributed by atoms with Crippen LogP contribution in [0.3, 0.4) is 0 Å². The molecule has 0 aliphatic carbocycles. The molecule has 0 saturated carbocycles. The fraction of sp³-hybridized carbons (Fsp3) is 0.406. The molecule has 7 nitrogen and oxygen atoms in total. The topological polar surface area (TPSA) is 104 Å². The van der Waals surface area contributed by atoms with Crippen molar-refractivity contribution in [2.45, 2.75) is 63.1 Å². The first kappa shape index (κ1) is 31.3. The van der Waals surface area contributed by atoms with E-state index in [0.717, 1.165) is 12.6 Å². The molecule has 1 fully saturated rings. The van der Waals surface area contributed by atoms with E-state index >= 15 is 0 Å². The Morgan fingerprint density at radius 2 is 1.88 bits per heavy atom. The van der Waals surface area contributed by atoms with Crippen molar-refractivity contribution in [1.82, 2.24) is 10.3 Å². The molecule has 1 aliphatic heterocycles. The molecule has 0 unspecified atom stereocenters. The van der Waals surface area contributed by atoms with Gasteiger partial charge in [-0.3, -0.25) is 14.6 Å². The van der Waals surface area contributed by atoms with Gasteiger partial charge in [-0.15, -0.1) is 0 Å². The lowest BCUT2D eigenvalue weighted by Gasteiger charge is -2.30. The van der Waals surface area contributed by atoms with E-state index in [-0.39, 0.29) is 31.1 Å². The molecule has 0 amide bonds. The maximum Gasteiger partial charge on any atom is 0.305 e. The van der Waals surface area contributed by atoms with Gasteiger partial charge in [0, 0.05) is 31.5 Å². The number of halogens is 3. The number of hydrogen-bond donors (Lipinski definition) is 2. The molecule has 0 spiro atoms. The third kappa shape index (κ3) is 8.47. The van der Waals surface area contributed by atoms with Crippen molar-refractivity contribution in [3.63, 3.8) is 0 Å². The number of esters is 1. The molecule has 2 heterocycles. The minimum absolute atomic E-state index is 0.110. The minimum Gasteiger partial charge on any atom is -0.464 e. The van der Waals surface area contributed by atoms with Crippen LogP contribution in [0.2, 0.25) is 0 Å². The maximum atomic E-state index is 14.9. The number of ether oxygens (including phenoxy) is 2. The fourth-order valence-corrected chi connectivity index (χ4v) is 5.14. The summed E-state index contributed by atoms with van der Waals surface area (Å²) in [5.41, 5.74) is 8.27. The number of morpholine rings is 1. The number of nitrogens with two attached hydrogens (primary N) is 1. The lowest BCUT2D eigenvalue weighted by atomic mass is 9.82. The molecule has 3 aromatic rings. The third-order valence-electron chi connectivity index (χ3n) is 7.41. The van der Waals surface area contributed by atoms with Gasteiger partial charge in [0.05, 0.1) is 31.0 Å². The predicted octanol–water partition coefficient (Wildman–Crippen LogP) is 4.40. The van der Waals surface area contributed by atoms with Gasteiger partial charge in [-0.2, -0.15) is 0 Å². The molecule has 224 valence electrons. The summed E-state index contributed by atoms with van der Waals surface area (Å²) in [4.78, 5) is 29.0. The summed E-state index contributed by atoms with van der Waals surface area (Å²) < 4.78 is 53.8. The van der Waals surface area contributed by atoms with Crippen molar-refractivity contribution < 1.29 is 32.2 Å². The summed E-state index contributed by atoms with van der Waals surface area (Å²) in [6.45, 7) is 3.00. The van der Waals surface area contributed by atoms with Gasteiger partial charge < -0.3 is 20.5 Å². The van der Waals surface area contributed by atoms with Crippen molar-refractivity contribution in [1.29, 1.82) is 0 Å². The van der Waals surface area contributed by atoms with E-state index in [1.54, 1.807) is 6.07 Å². The van der Waals surface area contributed by atoms with Crippen molar-refractivity contribution in [3.05, 3.63) is 101 Å². The number of benzene rings is 2. The second-order valence-corrected chi connectivity index (χ2v) is 10.5. The van der Waals surface area contributed by atoms with E-state index in [2.05, 4.69) is 10.3 Å². The summed E-state index contributed by atoms with van der Waals surface area (Å²) in [5, 5.41) is 3.30. The van der Waals surface area contributed by atoms with Crippen LogP contribution in [-0.4, -0.2) is 54.7 Å². The molecule has 1 aliphatic rings. The largest absolute Gasteiger partial charge is 0.464 e. The number of nitrogens with one attached hydrogen (secondary N) is 1. The summed E-state index contributed by atoms with van der Waals surface area (Å²) in [5.74, 6) is -2.84. The van der Waals surface area contributed by atoms with Crippen molar-refractivity contribution in [3.8, 4) is 0 Å². The van der Waals surface area contributed by atoms with Gasteiger partial charge >= 0.3 is 5.97 Å². The lowest BCUT2D eigenvalue weighted by molar-refractivity contribution is -0.145. The number of Topliss-reactive ketones (excluding diaryl/α,β-unsaturated/α-hetero) is 1. The Labute approximate surface area is 243 Å². The highest BCUT2D eigenvalue weighted by Gasteiger charge is 2.29. The van der Waals surface area contributed by atoms with Crippen LogP contribution in [-0.2, 0) is 31.9 Å². The van der Waals surface area contributed by atoms with Gasteiger partial charge in [-0.1, -0.05) is 31.2 Å². The van der Waals surface area contributed by atoms with Crippen LogP contribution in [0.15, 0.2) is 60.9 Å². The molecule has 4 rings (SSSR count). The normalized spacial score (nSPS) is 18.3. The Morgan fingerprint density at radius 3 is 2.57 bits per heavy atom. The lowest BCUT2D eigenvalue weighted by Crippen LogP contribution is -2.49. The number of hydrogen-bond acceptors (Lipinski definition) is 7. The second kappa shape index (κ2) is 15.0. The van der Waals surface area contributed by atoms with Crippen LogP contribution in [0, 0.1) is 17.5 Å². The Bertz CT molecular complexity index is 1350. The van der Waals surface area contributed by atoms with Gasteiger partial charge in [0.2, 0.25) is 0 Å². The highest BCUT2D eigenvalue weighted by atomic mass is 19.1. The first-order valence-electron chi connectivity index (χ1n) is 14.2. The molecule has 0 bridgehead atoms. The molecule has 0 radical (unpaired) electrons. The number of aromatic nitrogens is 1. The summed E-state index contributed by atoms with van der Waals surface area (Å²) >= 11 is 0. The maximum absolute atomic E-state index is 14.9. The summed E-state index contributed by atoms with van der Waals surface area (Å²) in [6, 6.07) is 10.1. The van der Waals surface area contributed by atoms with E-state index in [4.69, 9.17) is 15.2 Å².